The molecule has 74 valence electrons. The van der Waals surface area contributed by atoms with E-state index in [0.29, 0.717) is 13.0 Å². The van der Waals surface area contributed by atoms with E-state index in [4.69, 9.17) is 19.7 Å². The second kappa shape index (κ2) is 5.66. The van der Waals surface area contributed by atoms with Crippen LogP contribution in [-0.2, 0) is 8.85 Å². The molecule has 0 aromatic carbocycles. The van der Waals surface area contributed by atoms with Crippen LogP contribution in [0.5, 0.6) is 0 Å². The lowest BCUT2D eigenvalue weighted by Gasteiger charge is -2.24. The summed E-state index contributed by atoms with van der Waals surface area (Å²) < 4.78 is 10.8. The van der Waals surface area contributed by atoms with Crippen LogP contribution in [0.3, 0.4) is 0 Å². The predicted octanol–water partition coefficient (Wildman–Crippen LogP) is 0.409. The average molecular weight is 193 g/mol. The molecule has 0 aromatic heterocycles. The maximum absolute atomic E-state index is 8.87. The minimum atomic E-state index is -2.03. The average Bonchev–Trinajstić information content (AvgIpc) is 2.02. The molecule has 0 saturated heterocycles. The molecule has 0 spiro atoms. The summed E-state index contributed by atoms with van der Waals surface area (Å²) in [6.07, 6.45) is -0.219. The molecule has 0 radical (unpaired) electrons. The Morgan fingerprint density at radius 3 is 2.50 bits per heavy atom. The van der Waals surface area contributed by atoms with Gasteiger partial charge in [-0.3, -0.25) is 0 Å². The van der Waals surface area contributed by atoms with E-state index in [0.717, 1.165) is 6.04 Å². The smallest absolute Gasteiger partial charge is 0.334 e. The Bertz CT molecular complexity index is 123. The Morgan fingerprint density at radius 1 is 1.58 bits per heavy atom. The van der Waals surface area contributed by atoms with Crippen molar-refractivity contribution >= 4 is 8.56 Å². The quantitative estimate of drug-likeness (QED) is 0.473. The third-order valence-electron chi connectivity index (χ3n) is 1.78. The lowest BCUT2D eigenvalue weighted by atomic mass is 10.4. The zero-order valence-electron chi connectivity index (χ0n) is 8.04. The normalized spacial score (nSPS) is 18.8. The van der Waals surface area contributed by atoms with Crippen molar-refractivity contribution in [3.63, 3.8) is 0 Å². The fraction of sp³-hybridized carbons (Fsp3) is 1.00. The number of hydrogen-bond donors (Lipinski definition) is 2. The van der Waals surface area contributed by atoms with Crippen LogP contribution < -0.4 is 5.73 Å². The molecular weight excluding hydrogens is 174 g/mol. The highest BCUT2D eigenvalue weighted by molar-refractivity contribution is 6.65. The molecule has 2 unspecified atom stereocenters. The molecule has 0 rings (SSSR count). The summed E-state index contributed by atoms with van der Waals surface area (Å²) >= 11 is 0. The largest absolute Gasteiger partial charge is 0.398 e. The second-order valence-electron chi connectivity index (χ2n) is 2.88. The lowest BCUT2D eigenvalue weighted by Crippen LogP contribution is -2.39. The summed E-state index contributed by atoms with van der Waals surface area (Å²) in [6, 6.07) is 0.731. The van der Waals surface area contributed by atoms with E-state index in [9.17, 15) is 0 Å². The lowest BCUT2D eigenvalue weighted by molar-refractivity contribution is 0.164. The van der Waals surface area contributed by atoms with Crippen LogP contribution in [0.4, 0.5) is 0 Å². The van der Waals surface area contributed by atoms with Gasteiger partial charge in [0, 0.05) is 13.7 Å². The third kappa shape index (κ3) is 4.84. The first kappa shape index (κ1) is 12.1. The maximum Gasteiger partial charge on any atom is 0.334 e. The summed E-state index contributed by atoms with van der Waals surface area (Å²) in [5.74, 6) is 0. The van der Waals surface area contributed by atoms with E-state index in [1.165, 1.54) is 0 Å². The van der Waals surface area contributed by atoms with Gasteiger partial charge in [-0.05, 0) is 25.9 Å². The Kier molecular flexibility index (Phi) is 5.69. The van der Waals surface area contributed by atoms with E-state index in [2.05, 4.69) is 0 Å². The van der Waals surface area contributed by atoms with Crippen molar-refractivity contribution in [3.05, 3.63) is 0 Å². The summed E-state index contributed by atoms with van der Waals surface area (Å²) in [7, 11) is -0.383. The highest BCUT2D eigenvalue weighted by Crippen LogP contribution is 2.14. The van der Waals surface area contributed by atoms with Gasteiger partial charge < -0.3 is 19.7 Å². The van der Waals surface area contributed by atoms with Crippen LogP contribution in [0.25, 0.3) is 0 Å². The van der Waals surface area contributed by atoms with E-state index in [1.54, 1.807) is 7.11 Å². The Hall–Kier alpha value is 0.0569. The van der Waals surface area contributed by atoms with Gasteiger partial charge in [0.2, 0.25) is 0 Å². The van der Waals surface area contributed by atoms with Crippen LogP contribution in [-0.4, -0.2) is 33.6 Å². The third-order valence-corrected chi connectivity index (χ3v) is 4.74. The molecule has 4 nitrogen and oxygen atoms in total. The molecule has 0 aliphatic rings. The number of rotatable bonds is 6. The molecule has 0 heterocycles. The van der Waals surface area contributed by atoms with Crippen LogP contribution in [0.1, 0.15) is 13.3 Å². The summed E-state index contributed by atoms with van der Waals surface area (Å²) in [6.45, 7) is 4.55. The van der Waals surface area contributed by atoms with E-state index < -0.39 is 14.8 Å². The summed E-state index contributed by atoms with van der Waals surface area (Å²) in [5, 5.41) is 8.87. The van der Waals surface area contributed by atoms with Crippen molar-refractivity contribution in [1.29, 1.82) is 0 Å². The number of aliphatic hydroxyl groups is 1. The van der Waals surface area contributed by atoms with Crippen molar-refractivity contribution in [2.45, 2.75) is 32.2 Å². The highest BCUT2D eigenvalue weighted by atomic mass is 28.4. The van der Waals surface area contributed by atoms with E-state index in [1.807, 2.05) is 13.5 Å². The zero-order chi connectivity index (χ0) is 9.61. The van der Waals surface area contributed by atoms with Crippen molar-refractivity contribution in [1.82, 2.24) is 0 Å². The molecule has 2 atom stereocenters. The van der Waals surface area contributed by atoms with Crippen LogP contribution in [0, 0.1) is 0 Å². The van der Waals surface area contributed by atoms with Gasteiger partial charge in [0.05, 0.1) is 0 Å². The monoisotopic (exact) mass is 193 g/mol. The molecule has 12 heavy (non-hydrogen) atoms. The van der Waals surface area contributed by atoms with Gasteiger partial charge in [0.1, 0.15) is 6.23 Å². The topological polar surface area (TPSA) is 64.7 Å². The maximum atomic E-state index is 8.87. The molecule has 0 fully saturated rings. The molecule has 3 N–H and O–H groups in total. The zero-order valence-corrected chi connectivity index (χ0v) is 9.04. The van der Waals surface area contributed by atoms with Crippen molar-refractivity contribution < 1.29 is 14.0 Å². The summed E-state index contributed by atoms with van der Waals surface area (Å²) in [5.41, 5.74) is 5.22. The van der Waals surface area contributed by atoms with Gasteiger partial charge in [-0.1, -0.05) is 0 Å². The molecule has 0 saturated carbocycles. The number of hydrogen-bond acceptors (Lipinski definition) is 4. The molecule has 0 aliphatic heterocycles. The fourth-order valence-electron chi connectivity index (χ4n) is 0.949. The first-order chi connectivity index (χ1) is 5.54. The van der Waals surface area contributed by atoms with Gasteiger partial charge in [-0.2, -0.15) is 0 Å². The highest BCUT2D eigenvalue weighted by Gasteiger charge is 2.29. The Morgan fingerprint density at radius 2 is 2.17 bits per heavy atom. The van der Waals surface area contributed by atoms with Gasteiger partial charge in [-0.25, -0.2) is 0 Å². The van der Waals surface area contributed by atoms with E-state index >= 15 is 0 Å². The first-order valence-electron chi connectivity index (χ1n) is 4.17. The van der Waals surface area contributed by atoms with Crippen molar-refractivity contribution in [2.75, 3.05) is 13.7 Å². The Balaban J connectivity index is 3.78. The van der Waals surface area contributed by atoms with Gasteiger partial charge in [0.25, 0.3) is 0 Å². The van der Waals surface area contributed by atoms with Gasteiger partial charge >= 0.3 is 8.56 Å². The van der Waals surface area contributed by atoms with Crippen molar-refractivity contribution in [3.8, 4) is 0 Å². The minimum Gasteiger partial charge on any atom is -0.398 e. The van der Waals surface area contributed by atoms with Crippen LogP contribution >= 0.6 is 0 Å². The van der Waals surface area contributed by atoms with E-state index in [-0.39, 0.29) is 0 Å². The second-order valence-corrected chi connectivity index (χ2v) is 6.34. The standard InChI is InChI=1S/C7H19NO3Si/c1-4-11-12(3,10-2)6-5-7(8)9/h7,9H,4-6,8H2,1-3H3. The SMILES string of the molecule is CCO[Si](C)(CCC(N)O)OC. The number of nitrogens with two attached hydrogens (primary N) is 1. The minimum absolute atomic E-state index is 0.538. The first-order valence-corrected chi connectivity index (χ1v) is 6.69. The molecule has 5 heteroatoms. The Labute approximate surface area is 74.9 Å². The molecular formula is C7H19NO3Si. The summed E-state index contributed by atoms with van der Waals surface area (Å²) in [4.78, 5) is 0. The number of aliphatic hydroxyl groups excluding tert-OH is 1. The predicted molar refractivity (Wildman–Crippen MR) is 49.9 cm³/mol. The van der Waals surface area contributed by atoms with Gasteiger partial charge in [0.15, 0.2) is 0 Å². The molecule has 0 bridgehead atoms. The van der Waals surface area contributed by atoms with Crippen LogP contribution in [0.15, 0.2) is 0 Å². The van der Waals surface area contributed by atoms with Gasteiger partial charge in [-0.15, -0.1) is 0 Å². The molecule has 0 aliphatic carbocycles. The van der Waals surface area contributed by atoms with Crippen molar-refractivity contribution in [2.24, 2.45) is 5.73 Å². The van der Waals surface area contributed by atoms with Crippen LogP contribution in [0.2, 0.25) is 12.6 Å². The molecule has 0 amide bonds. The molecule has 0 aromatic rings. The fourth-order valence-corrected chi connectivity index (χ4v) is 2.85.